The number of amides is 1. The first-order valence-electron chi connectivity index (χ1n) is 8.58. The van der Waals surface area contributed by atoms with E-state index in [-0.39, 0.29) is 24.0 Å². The zero-order valence-corrected chi connectivity index (χ0v) is 14.5. The van der Waals surface area contributed by atoms with E-state index in [0.717, 1.165) is 0 Å². The molecule has 0 radical (unpaired) electrons. The minimum Gasteiger partial charge on any atom is -0.383 e. The number of hydrogen-bond donors (Lipinski definition) is 3. The van der Waals surface area contributed by atoms with Crippen LogP contribution in [0.15, 0.2) is 40.1 Å². The molecule has 3 heterocycles. The van der Waals surface area contributed by atoms with Crippen LogP contribution in [-0.2, 0) is 11.3 Å². The van der Waals surface area contributed by atoms with E-state index in [1.54, 1.807) is 11.0 Å². The molecule has 4 rings (SSSR count). The van der Waals surface area contributed by atoms with Crippen molar-refractivity contribution in [2.75, 3.05) is 36.8 Å². The first-order chi connectivity index (χ1) is 13.0. The fourth-order valence-corrected chi connectivity index (χ4v) is 3.35. The smallest absolute Gasteiger partial charge is 0.346 e. The van der Waals surface area contributed by atoms with E-state index >= 15 is 0 Å². The summed E-state index contributed by atoms with van der Waals surface area (Å²) in [5.74, 6) is 0.147. The van der Waals surface area contributed by atoms with Gasteiger partial charge in [0, 0.05) is 26.2 Å². The third-order valence-electron chi connectivity index (χ3n) is 4.77. The first kappa shape index (κ1) is 16.9. The minimum atomic E-state index is -0.491. The van der Waals surface area contributed by atoms with E-state index in [9.17, 15) is 14.4 Å². The van der Waals surface area contributed by atoms with Crippen molar-refractivity contribution in [1.29, 1.82) is 0 Å². The number of piperazine rings is 1. The number of para-hydroxylation sites is 2. The molecule has 0 aliphatic carbocycles. The Bertz CT molecular complexity index is 1110. The second-order valence-corrected chi connectivity index (χ2v) is 6.39. The van der Waals surface area contributed by atoms with Crippen LogP contribution in [0.1, 0.15) is 0 Å². The van der Waals surface area contributed by atoms with Gasteiger partial charge in [-0.05, 0) is 12.1 Å². The quantitative estimate of drug-likeness (QED) is 0.561. The number of nitrogens with one attached hydrogen (secondary N) is 2. The van der Waals surface area contributed by atoms with Gasteiger partial charge >= 0.3 is 11.4 Å². The van der Waals surface area contributed by atoms with Crippen LogP contribution in [0.3, 0.4) is 0 Å². The average Bonchev–Trinajstić information content (AvgIpc) is 2.97. The summed E-state index contributed by atoms with van der Waals surface area (Å²) in [6.07, 6.45) is 1.44. The Morgan fingerprint density at radius 2 is 1.85 bits per heavy atom. The highest BCUT2D eigenvalue weighted by atomic mass is 16.2. The maximum absolute atomic E-state index is 12.7. The standard InChI is InChI=1S/C17H19N7O3/c18-15-13(9-19-16(26)21-15)22-5-7-23(8-6-22)14(25)10-24-12-4-2-1-3-11(12)20-17(24)27/h1-4,9H,5-8,10H2,(H,20,27)(H3,18,19,21,26). The molecular formula is C17H19N7O3. The SMILES string of the molecule is Nc1[nH]c(=O)ncc1N1CCN(C(=O)Cn2c(=O)[nH]c3ccccc32)CC1. The van der Waals surface area contributed by atoms with Gasteiger partial charge in [-0.2, -0.15) is 4.98 Å². The Morgan fingerprint density at radius 1 is 1.11 bits per heavy atom. The summed E-state index contributed by atoms with van der Waals surface area (Å²) in [7, 11) is 0. The number of carbonyl (C=O) groups excluding carboxylic acids is 1. The van der Waals surface area contributed by atoms with Crippen molar-refractivity contribution in [2.24, 2.45) is 0 Å². The topological polar surface area (TPSA) is 133 Å². The van der Waals surface area contributed by atoms with Crippen LogP contribution in [-0.4, -0.2) is 56.5 Å². The van der Waals surface area contributed by atoms with E-state index in [1.165, 1.54) is 10.8 Å². The molecule has 3 aromatic rings. The summed E-state index contributed by atoms with van der Waals surface area (Å²) in [5, 5.41) is 0. The molecule has 0 saturated carbocycles. The van der Waals surface area contributed by atoms with Crippen molar-refractivity contribution in [3.05, 3.63) is 51.4 Å². The molecule has 0 spiro atoms. The second-order valence-electron chi connectivity index (χ2n) is 6.39. The fraction of sp³-hybridized carbons (Fsp3) is 0.294. The largest absolute Gasteiger partial charge is 0.383 e. The summed E-state index contributed by atoms with van der Waals surface area (Å²) in [4.78, 5) is 48.6. The molecule has 1 aliphatic rings. The van der Waals surface area contributed by atoms with Crippen LogP contribution >= 0.6 is 0 Å². The summed E-state index contributed by atoms with van der Waals surface area (Å²) in [5.41, 5.74) is 7.13. The van der Waals surface area contributed by atoms with Crippen LogP contribution in [0, 0.1) is 0 Å². The summed E-state index contributed by atoms with van der Waals surface area (Å²) < 4.78 is 1.45. The lowest BCUT2D eigenvalue weighted by Crippen LogP contribution is -2.50. The molecule has 140 valence electrons. The molecule has 0 bridgehead atoms. The van der Waals surface area contributed by atoms with Gasteiger partial charge in [-0.3, -0.25) is 14.3 Å². The van der Waals surface area contributed by atoms with Gasteiger partial charge in [0.15, 0.2) is 0 Å². The van der Waals surface area contributed by atoms with Crippen LogP contribution in [0.2, 0.25) is 0 Å². The van der Waals surface area contributed by atoms with Gasteiger partial charge in [-0.1, -0.05) is 12.1 Å². The minimum absolute atomic E-state index is 0.00873. The lowest BCUT2D eigenvalue weighted by atomic mass is 10.2. The lowest BCUT2D eigenvalue weighted by Gasteiger charge is -2.36. The Labute approximate surface area is 153 Å². The number of aromatic nitrogens is 4. The van der Waals surface area contributed by atoms with Gasteiger partial charge in [-0.15, -0.1) is 0 Å². The maximum Gasteiger partial charge on any atom is 0.346 e. The van der Waals surface area contributed by atoms with Crippen molar-refractivity contribution in [2.45, 2.75) is 6.54 Å². The third-order valence-corrected chi connectivity index (χ3v) is 4.77. The van der Waals surface area contributed by atoms with E-state index in [0.29, 0.717) is 42.9 Å². The summed E-state index contributed by atoms with van der Waals surface area (Å²) >= 11 is 0. The van der Waals surface area contributed by atoms with E-state index in [4.69, 9.17) is 5.73 Å². The fourth-order valence-electron chi connectivity index (χ4n) is 3.35. The number of H-pyrrole nitrogens is 2. The number of imidazole rings is 1. The van der Waals surface area contributed by atoms with Crippen LogP contribution in [0.5, 0.6) is 0 Å². The Hall–Kier alpha value is -3.56. The number of rotatable bonds is 3. The molecule has 1 aliphatic heterocycles. The highest BCUT2D eigenvalue weighted by Crippen LogP contribution is 2.20. The molecule has 0 unspecified atom stereocenters. The molecule has 0 atom stereocenters. The highest BCUT2D eigenvalue weighted by Gasteiger charge is 2.23. The van der Waals surface area contributed by atoms with Crippen LogP contribution in [0.25, 0.3) is 11.0 Å². The van der Waals surface area contributed by atoms with E-state index in [1.807, 2.05) is 23.1 Å². The van der Waals surface area contributed by atoms with E-state index in [2.05, 4.69) is 15.0 Å². The van der Waals surface area contributed by atoms with Crippen molar-refractivity contribution < 1.29 is 4.79 Å². The van der Waals surface area contributed by atoms with E-state index < -0.39 is 5.69 Å². The van der Waals surface area contributed by atoms with Crippen molar-refractivity contribution >= 4 is 28.4 Å². The number of aromatic amines is 2. The molecule has 4 N–H and O–H groups in total. The molecule has 1 aromatic carbocycles. The molecule has 1 saturated heterocycles. The number of fused-ring (bicyclic) bond motifs is 1. The van der Waals surface area contributed by atoms with Gasteiger partial charge in [0.05, 0.1) is 22.9 Å². The number of carbonyl (C=O) groups is 1. The van der Waals surface area contributed by atoms with Crippen molar-refractivity contribution in [1.82, 2.24) is 24.4 Å². The number of benzene rings is 1. The Balaban J connectivity index is 1.45. The van der Waals surface area contributed by atoms with Gasteiger partial charge < -0.3 is 20.5 Å². The number of nitrogen functional groups attached to an aromatic ring is 1. The van der Waals surface area contributed by atoms with Crippen molar-refractivity contribution in [3.63, 3.8) is 0 Å². The maximum atomic E-state index is 12.7. The monoisotopic (exact) mass is 369 g/mol. The van der Waals surface area contributed by atoms with Gasteiger partial charge in [-0.25, -0.2) is 9.59 Å². The molecule has 1 fully saturated rings. The van der Waals surface area contributed by atoms with Gasteiger partial charge in [0.25, 0.3) is 0 Å². The summed E-state index contributed by atoms with van der Waals surface area (Å²) in [6.45, 7) is 2.10. The molecular weight excluding hydrogens is 350 g/mol. The lowest BCUT2D eigenvalue weighted by molar-refractivity contribution is -0.132. The van der Waals surface area contributed by atoms with Gasteiger partial charge in [0.2, 0.25) is 5.91 Å². The van der Waals surface area contributed by atoms with Crippen LogP contribution < -0.4 is 22.0 Å². The average molecular weight is 369 g/mol. The zero-order chi connectivity index (χ0) is 19.0. The predicted molar refractivity (Wildman–Crippen MR) is 101 cm³/mol. The number of nitrogens with two attached hydrogens (primary N) is 1. The number of hydrogen-bond acceptors (Lipinski definition) is 6. The van der Waals surface area contributed by atoms with Crippen LogP contribution in [0.4, 0.5) is 11.5 Å². The zero-order valence-electron chi connectivity index (χ0n) is 14.5. The second kappa shape index (κ2) is 6.63. The highest BCUT2D eigenvalue weighted by molar-refractivity contribution is 5.80. The first-order valence-corrected chi connectivity index (χ1v) is 8.58. The molecule has 10 heteroatoms. The molecule has 2 aromatic heterocycles. The molecule has 10 nitrogen and oxygen atoms in total. The Morgan fingerprint density at radius 3 is 2.59 bits per heavy atom. The Kier molecular flexibility index (Phi) is 4.15. The summed E-state index contributed by atoms with van der Waals surface area (Å²) in [6, 6.07) is 7.28. The normalized spacial score (nSPS) is 14.7. The number of anilines is 2. The van der Waals surface area contributed by atoms with Gasteiger partial charge in [0.1, 0.15) is 12.4 Å². The number of nitrogens with zero attached hydrogens (tertiary/aromatic N) is 4. The predicted octanol–water partition coefficient (Wildman–Crippen LogP) is -0.656. The third kappa shape index (κ3) is 3.16. The molecule has 1 amide bonds. The molecule has 27 heavy (non-hydrogen) atoms. The van der Waals surface area contributed by atoms with Crippen molar-refractivity contribution in [3.8, 4) is 0 Å².